The molecule has 5 rings (SSSR count). The number of rotatable bonds is 6. The van der Waals surface area contributed by atoms with E-state index in [1.807, 2.05) is 65.4 Å². The number of aryl methyl sites for hydroxylation is 1. The molecule has 2 aromatic carbocycles. The van der Waals surface area contributed by atoms with Crippen LogP contribution in [0.15, 0.2) is 69.9 Å². The van der Waals surface area contributed by atoms with Crippen molar-refractivity contribution in [3.63, 3.8) is 0 Å². The molecule has 33 heavy (non-hydrogen) atoms. The number of ether oxygens (including phenoxy) is 1. The Morgan fingerprint density at radius 1 is 1.12 bits per heavy atom. The summed E-state index contributed by atoms with van der Waals surface area (Å²) in [6.45, 7) is 1.90. The van der Waals surface area contributed by atoms with Gasteiger partial charge in [-0.1, -0.05) is 53.7 Å². The number of hydrogen-bond donors (Lipinski definition) is 0. The van der Waals surface area contributed by atoms with Gasteiger partial charge in [0, 0.05) is 28.5 Å². The molecule has 7 nitrogen and oxygen atoms in total. The fourth-order valence-corrected chi connectivity index (χ4v) is 5.47. The summed E-state index contributed by atoms with van der Waals surface area (Å²) in [5, 5.41) is 12.0. The number of thiazole rings is 1. The van der Waals surface area contributed by atoms with Gasteiger partial charge in [0.05, 0.1) is 23.5 Å². The van der Waals surface area contributed by atoms with Crippen LogP contribution < -0.4 is 10.3 Å². The zero-order valence-electron chi connectivity index (χ0n) is 17.7. The highest BCUT2D eigenvalue weighted by Crippen LogP contribution is 2.33. The second-order valence-electron chi connectivity index (χ2n) is 7.20. The lowest BCUT2D eigenvalue weighted by Crippen LogP contribution is -2.14. The SMILES string of the molecule is COc1ccc(-n2c(SCc3cc(=O)n4c(C)csc4n3)nnc2-c2ccccc2)cc1Cl. The van der Waals surface area contributed by atoms with Crippen LogP contribution in [-0.2, 0) is 5.75 Å². The van der Waals surface area contributed by atoms with E-state index in [0.717, 1.165) is 16.9 Å². The van der Waals surface area contributed by atoms with Crippen molar-refractivity contribution in [2.75, 3.05) is 7.11 Å². The molecule has 0 aliphatic carbocycles. The summed E-state index contributed by atoms with van der Waals surface area (Å²) >= 11 is 9.33. The summed E-state index contributed by atoms with van der Waals surface area (Å²) in [7, 11) is 1.58. The van der Waals surface area contributed by atoms with Crippen LogP contribution in [-0.4, -0.2) is 31.3 Å². The Labute approximate surface area is 202 Å². The first-order valence-corrected chi connectivity index (χ1v) is 12.2. The molecule has 0 aliphatic rings. The molecule has 166 valence electrons. The molecule has 0 bridgehead atoms. The lowest BCUT2D eigenvalue weighted by molar-refractivity contribution is 0.415. The van der Waals surface area contributed by atoms with Crippen molar-refractivity contribution in [1.29, 1.82) is 0 Å². The first-order chi connectivity index (χ1) is 16.0. The molecule has 0 saturated carbocycles. The van der Waals surface area contributed by atoms with Gasteiger partial charge in [0.1, 0.15) is 5.75 Å². The zero-order valence-corrected chi connectivity index (χ0v) is 20.1. The minimum Gasteiger partial charge on any atom is -0.495 e. The van der Waals surface area contributed by atoms with Crippen LogP contribution in [0.2, 0.25) is 5.02 Å². The zero-order chi connectivity index (χ0) is 22.9. The van der Waals surface area contributed by atoms with Crippen molar-refractivity contribution >= 4 is 39.7 Å². The van der Waals surface area contributed by atoms with Crippen molar-refractivity contribution in [3.05, 3.63) is 86.7 Å². The van der Waals surface area contributed by atoms with Crippen LogP contribution >= 0.6 is 34.7 Å². The van der Waals surface area contributed by atoms with Crippen molar-refractivity contribution < 1.29 is 4.74 Å². The lowest BCUT2D eigenvalue weighted by Gasteiger charge is -2.12. The summed E-state index contributed by atoms with van der Waals surface area (Å²) in [6.07, 6.45) is 0. The molecule has 10 heteroatoms. The molecular weight excluding hydrogens is 478 g/mol. The Morgan fingerprint density at radius 3 is 2.70 bits per heavy atom. The van der Waals surface area contributed by atoms with Gasteiger partial charge in [-0.25, -0.2) is 4.98 Å². The maximum atomic E-state index is 12.5. The molecule has 0 atom stereocenters. The first-order valence-electron chi connectivity index (χ1n) is 9.99. The lowest BCUT2D eigenvalue weighted by atomic mass is 10.2. The van der Waals surface area contributed by atoms with Crippen LogP contribution in [0, 0.1) is 6.92 Å². The standard InChI is InChI=1S/C23H18ClN5O2S2/c1-14-12-32-22-25-16(10-20(30)28(14)22)13-33-23-27-26-21(15-6-4-3-5-7-15)29(23)17-8-9-19(31-2)18(24)11-17/h3-12H,13H2,1-2H3. The van der Waals surface area contributed by atoms with Gasteiger partial charge >= 0.3 is 0 Å². The van der Waals surface area contributed by atoms with E-state index in [1.165, 1.54) is 23.1 Å². The monoisotopic (exact) mass is 495 g/mol. The largest absolute Gasteiger partial charge is 0.495 e. The fourth-order valence-electron chi connectivity index (χ4n) is 3.48. The predicted octanol–water partition coefficient (Wildman–Crippen LogP) is 5.27. The highest BCUT2D eigenvalue weighted by Gasteiger charge is 2.18. The molecule has 0 N–H and O–H groups in total. The van der Waals surface area contributed by atoms with Crippen LogP contribution in [0.5, 0.6) is 5.75 Å². The van der Waals surface area contributed by atoms with E-state index in [2.05, 4.69) is 15.2 Å². The van der Waals surface area contributed by atoms with Crippen LogP contribution in [0.25, 0.3) is 22.0 Å². The molecule has 0 amide bonds. The highest BCUT2D eigenvalue weighted by molar-refractivity contribution is 7.98. The number of thioether (sulfide) groups is 1. The minimum atomic E-state index is -0.0808. The van der Waals surface area contributed by atoms with Crippen molar-refractivity contribution in [2.24, 2.45) is 0 Å². The topological polar surface area (TPSA) is 74.3 Å². The van der Waals surface area contributed by atoms with E-state index in [0.29, 0.717) is 38.2 Å². The van der Waals surface area contributed by atoms with Crippen LogP contribution in [0.3, 0.4) is 0 Å². The van der Waals surface area contributed by atoms with Crippen LogP contribution in [0.1, 0.15) is 11.4 Å². The Hall–Kier alpha value is -3.14. The summed E-state index contributed by atoms with van der Waals surface area (Å²) < 4.78 is 8.87. The maximum absolute atomic E-state index is 12.5. The average Bonchev–Trinajstić information content (AvgIpc) is 3.42. The molecule has 3 heterocycles. The molecule has 0 saturated heterocycles. The molecule has 0 unspecified atom stereocenters. The number of nitrogens with zero attached hydrogens (tertiary/aromatic N) is 5. The molecule has 0 aliphatic heterocycles. The predicted molar refractivity (Wildman–Crippen MR) is 132 cm³/mol. The van der Waals surface area contributed by atoms with E-state index in [4.69, 9.17) is 16.3 Å². The number of aromatic nitrogens is 5. The number of fused-ring (bicyclic) bond motifs is 1. The van der Waals surface area contributed by atoms with Crippen LogP contribution in [0.4, 0.5) is 0 Å². The third kappa shape index (κ3) is 4.15. The molecular formula is C23H18ClN5O2S2. The molecule has 3 aromatic heterocycles. The second-order valence-corrected chi connectivity index (χ2v) is 9.38. The van der Waals surface area contributed by atoms with Gasteiger partial charge in [-0.2, -0.15) is 0 Å². The second kappa shape index (κ2) is 9.01. The normalized spacial score (nSPS) is 11.2. The fraction of sp³-hybridized carbons (Fsp3) is 0.130. The Balaban J connectivity index is 1.54. The van der Waals surface area contributed by atoms with Gasteiger partial charge in [-0.15, -0.1) is 21.5 Å². The Morgan fingerprint density at radius 2 is 1.94 bits per heavy atom. The summed E-state index contributed by atoms with van der Waals surface area (Å²) in [5.74, 6) is 1.75. The Kier molecular flexibility index (Phi) is 5.92. The number of methoxy groups -OCH3 is 1. The average molecular weight is 496 g/mol. The summed E-state index contributed by atoms with van der Waals surface area (Å²) in [4.78, 5) is 17.9. The van der Waals surface area contributed by atoms with E-state index in [1.54, 1.807) is 17.6 Å². The molecule has 5 aromatic rings. The smallest absolute Gasteiger partial charge is 0.258 e. The number of hydrogen-bond acceptors (Lipinski definition) is 7. The Bertz CT molecular complexity index is 1510. The van der Waals surface area contributed by atoms with E-state index in [9.17, 15) is 4.79 Å². The van der Waals surface area contributed by atoms with Crippen molar-refractivity contribution in [3.8, 4) is 22.8 Å². The minimum absolute atomic E-state index is 0.0808. The third-order valence-electron chi connectivity index (χ3n) is 5.04. The van der Waals surface area contributed by atoms with Crippen molar-refractivity contribution in [1.82, 2.24) is 24.1 Å². The highest BCUT2D eigenvalue weighted by atomic mass is 35.5. The third-order valence-corrected chi connectivity index (χ3v) is 7.24. The molecule has 0 radical (unpaired) electrons. The van der Waals surface area contributed by atoms with Gasteiger partial charge < -0.3 is 4.74 Å². The van der Waals surface area contributed by atoms with Gasteiger partial charge in [-0.3, -0.25) is 13.8 Å². The first kappa shape index (κ1) is 21.7. The quantitative estimate of drug-likeness (QED) is 0.299. The van der Waals surface area contributed by atoms with E-state index < -0.39 is 0 Å². The summed E-state index contributed by atoms with van der Waals surface area (Å²) in [6, 6.07) is 17.0. The van der Waals surface area contributed by atoms with Gasteiger partial charge in [0.2, 0.25) is 0 Å². The maximum Gasteiger partial charge on any atom is 0.258 e. The molecule has 0 fully saturated rings. The van der Waals surface area contributed by atoms with E-state index in [-0.39, 0.29) is 5.56 Å². The van der Waals surface area contributed by atoms with Gasteiger partial charge in [-0.05, 0) is 25.1 Å². The number of halogens is 1. The molecule has 0 spiro atoms. The van der Waals surface area contributed by atoms with Gasteiger partial charge in [0.25, 0.3) is 5.56 Å². The summed E-state index contributed by atoms with van der Waals surface area (Å²) in [5.41, 5.74) is 3.23. The number of benzene rings is 2. The van der Waals surface area contributed by atoms with Crippen molar-refractivity contribution in [2.45, 2.75) is 17.8 Å². The van der Waals surface area contributed by atoms with Gasteiger partial charge in [0.15, 0.2) is 15.9 Å². The van der Waals surface area contributed by atoms with E-state index >= 15 is 0 Å².